The summed E-state index contributed by atoms with van der Waals surface area (Å²) in [5, 5.41) is 13.0. The van der Waals surface area contributed by atoms with Crippen LogP contribution in [-0.4, -0.2) is 17.8 Å². The van der Waals surface area contributed by atoms with E-state index in [1.54, 1.807) is 12.1 Å². The van der Waals surface area contributed by atoms with Gasteiger partial charge in [0.1, 0.15) is 11.5 Å². The van der Waals surface area contributed by atoms with Gasteiger partial charge in [-0.05, 0) is 19.9 Å². The van der Waals surface area contributed by atoms with Gasteiger partial charge in [-0.2, -0.15) is 0 Å². The SMILES string of the molecule is CC1CNC(C)(c2ccccc2O)O1. The van der Waals surface area contributed by atoms with Crippen molar-refractivity contribution in [2.24, 2.45) is 0 Å². The highest BCUT2D eigenvalue weighted by Crippen LogP contribution is 2.33. The molecular weight excluding hydrogens is 178 g/mol. The number of rotatable bonds is 1. The third kappa shape index (κ3) is 1.49. The van der Waals surface area contributed by atoms with Crippen molar-refractivity contribution in [2.75, 3.05) is 6.54 Å². The normalized spacial score (nSPS) is 32.0. The predicted molar refractivity (Wildman–Crippen MR) is 54.0 cm³/mol. The molecule has 0 spiro atoms. The predicted octanol–water partition coefficient (Wildman–Crippen LogP) is 1.57. The van der Waals surface area contributed by atoms with Crippen LogP contribution in [0.1, 0.15) is 19.4 Å². The van der Waals surface area contributed by atoms with Gasteiger partial charge in [0.2, 0.25) is 0 Å². The highest BCUT2D eigenvalue weighted by Gasteiger charge is 2.36. The van der Waals surface area contributed by atoms with E-state index in [-0.39, 0.29) is 11.9 Å². The summed E-state index contributed by atoms with van der Waals surface area (Å²) in [5.41, 5.74) is 0.245. The highest BCUT2D eigenvalue weighted by molar-refractivity contribution is 5.36. The summed E-state index contributed by atoms with van der Waals surface area (Å²) in [4.78, 5) is 0. The van der Waals surface area contributed by atoms with Crippen LogP contribution in [0.3, 0.4) is 0 Å². The Morgan fingerprint density at radius 1 is 1.50 bits per heavy atom. The van der Waals surface area contributed by atoms with Gasteiger partial charge in [0.15, 0.2) is 0 Å². The number of benzene rings is 1. The fourth-order valence-electron chi connectivity index (χ4n) is 1.86. The molecule has 1 fully saturated rings. The van der Waals surface area contributed by atoms with Gasteiger partial charge in [-0.25, -0.2) is 0 Å². The van der Waals surface area contributed by atoms with E-state index < -0.39 is 5.72 Å². The van der Waals surface area contributed by atoms with Gasteiger partial charge >= 0.3 is 0 Å². The maximum atomic E-state index is 9.70. The van der Waals surface area contributed by atoms with Crippen LogP contribution >= 0.6 is 0 Å². The van der Waals surface area contributed by atoms with E-state index in [0.29, 0.717) is 0 Å². The highest BCUT2D eigenvalue weighted by atomic mass is 16.5. The van der Waals surface area contributed by atoms with Gasteiger partial charge in [-0.1, -0.05) is 18.2 Å². The lowest BCUT2D eigenvalue weighted by Crippen LogP contribution is -2.34. The van der Waals surface area contributed by atoms with Gasteiger partial charge in [0.05, 0.1) is 6.10 Å². The lowest BCUT2D eigenvalue weighted by Gasteiger charge is -2.25. The smallest absolute Gasteiger partial charge is 0.146 e. The molecule has 76 valence electrons. The molecule has 1 aliphatic heterocycles. The molecule has 0 bridgehead atoms. The van der Waals surface area contributed by atoms with Crippen LogP contribution in [0, 0.1) is 0 Å². The number of para-hydroxylation sites is 1. The molecule has 3 heteroatoms. The topological polar surface area (TPSA) is 41.5 Å². The molecule has 2 rings (SSSR count). The second kappa shape index (κ2) is 3.26. The number of hydrogen-bond donors (Lipinski definition) is 2. The van der Waals surface area contributed by atoms with Crippen molar-refractivity contribution in [3.05, 3.63) is 29.8 Å². The first-order valence-electron chi connectivity index (χ1n) is 4.83. The molecule has 1 aromatic carbocycles. The molecule has 0 saturated carbocycles. The lowest BCUT2D eigenvalue weighted by atomic mass is 10.0. The van der Waals surface area contributed by atoms with Crippen molar-refractivity contribution in [3.63, 3.8) is 0 Å². The van der Waals surface area contributed by atoms with Gasteiger partial charge in [0, 0.05) is 12.1 Å². The van der Waals surface area contributed by atoms with Crippen LogP contribution in [0.5, 0.6) is 5.75 Å². The Hall–Kier alpha value is -1.06. The van der Waals surface area contributed by atoms with Crippen LogP contribution in [-0.2, 0) is 10.5 Å². The second-order valence-corrected chi connectivity index (χ2v) is 3.86. The molecule has 0 amide bonds. The summed E-state index contributed by atoms with van der Waals surface area (Å²) in [5.74, 6) is 0.275. The average molecular weight is 193 g/mol. The Kier molecular flexibility index (Phi) is 2.21. The second-order valence-electron chi connectivity index (χ2n) is 3.86. The summed E-state index contributed by atoms with van der Waals surface area (Å²) in [6.07, 6.45) is 0.180. The zero-order valence-electron chi connectivity index (χ0n) is 8.45. The monoisotopic (exact) mass is 193 g/mol. The summed E-state index contributed by atoms with van der Waals surface area (Å²) in [7, 11) is 0. The van der Waals surface area contributed by atoms with Crippen molar-refractivity contribution < 1.29 is 9.84 Å². The first-order chi connectivity index (χ1) is 6.62. The number of ether oxygens (including phenoxy) is 1. The quantitative estimate of drug-likeness (QED) is 0.711. The van der Waals surface area contributed by atoms with E-state index in [1.807, 2.05) is 26.0 Å². The van der Waals surface area contributed by atoms with Crippen molar-refractivity contribution in [3.8, 4) is 5.75 Å². The summed E-state index contributed by atoms with van der Waals surface area (Å²) < 4.78 is 5.74. The molecule has 0 aliphatic carbocycles. The lowest BCUT2D eigenvalue weighted by molar-refractivity contribution is -0.0356. The van der Waals surface area contributed by atoms with Crippen LogP contribution in [0.25, 0.3) is 0 Å². The molecule has 1 heterocycles. The van der Waals surface area contributed by atoms with Crippen molar-refractivity contribution in [2.45, 2.75) is 25.7 Å². The number of aromatic hydroxyl groups is 1. The summed E-state index contributed by atoms with van der Waals surface area (Å²) in [6.45, 7) is 4.76. The molecular formula is C11H15NO2. The van der Waals surface area contributed by atoms with Gasteiger partial charge < -0.3 is 9.84 Å². The Morgan fingerprint density at radius 3 is 2.79 bits per heavy atom. The summed E-state index contributed by atoms with van der Waals surface area (Å²) in [6, 6.07) is 7.25. The van der Waals surface area contributed by atoms with Crippen LogP contribution < -0.4 is 5.32 Å². The van der Waals surface area contributed by atoms with E-state index in [2.05, 4.69) is 5.32 Å². The number of nitrogens with one attached hydrogen (secondary N) is 1. The molecule has 14 heavy (non-hydrogen) atoms. The minimum Gasteiger partial charge on any atom is -0.508 e. The third-order valence-electron chi connectivity index (χ3n) is 2.58. The van der Waals surface area contributed by atoms with Gasteiger partial charge in [-0.15, -0.1) is 0 Å². The van der Waals surface area contributed by atoms with E-state index in [1.165, 1.54) is 0 Å². The van der Waals surface area contributed by atoms with Crippen molar-refractivity contribution in [1.29, 1.82) is 0 Å². The fraction of sp³-hybridized carbons (Fsp3) is 0.455. The third-order valence-corrected chi connectivity index (χ3v) is 2.58. The molecule has 0 aromatic heterocycles. The fourth-order valence-corrected chi connectivity index (χ4v) is 1.86. The van der Waals surface area contributed by atoms with E-state index >= 15 is 0 Å². The first kappa shape index (κ1) is 9.49. The molecule has 2 N–H and O–H groups in total. The Labute approximate surface area is 83.7 Å². The molecule has 0 radical (unpaired) electrons. The van der Waals surface area contributed by atoms with E-state index in [9.17, 15) is 5.11 Å². The first-order valence-corrected chi connectivity index (χ1v) is 4.83. The van der Waals surface area contributed by atoms with Crippen LogP contribution in [0.2, 0.25) is 0 Å². The molecule has 1 aromatic rings. The minimum atomic E-state index is -0.551. The van der Waals surface area contributed by atoms with Gasteiger partial charge in [-0.3, -0.25) is 5.32 Å². The largest absolute Gasteiger partial charge is 0.508 e. The van der Waals surface area contributed by atoms with E-state index in [0.717, 1.165) is 12.1 Å². The Morgan fingerprint density at radius 2 is 2.21 bits per heavy atom. The standard InChI is InChI=1S/C11H15NO2/c1-8-7-12-11(2,14-8)9-5-3-4-6-10(9)13/h3-6,8,12-13H,7H2,1-2H3. The average Bonchev–Trinajstić information content (AvgIpc) is 2.48. The Balaban J connectivity index is 2.35. The van der Waals surface area contributed by atoms with Crippen LogP contribution in [0.15, 0.2) is 24.3 Å². The Bertz CT molecular complexity index is 340. The van der Waals surface area contributed by atoms with E-state index in [4.69, 9.17) is 4.74 Å². The molecule has 1 saturated heterocycles. The number of phenolic OH excluding ortho intramolecular Hbond substituents is 1. The molecule has 2 atom stereocenters. The molecule has 1 aliphatic rings. The minimum absolute atomic E-state index is 0.180. The zero-order chi connectivity index (χ0) is 10.2. The van der Waals surface area contributed by atoms with Gasteiger partial charge in [0.25, 0.3) is 0 Å². The zero-order valence-corrected chi connectivity index (χ0v) is 8.45. The molecule has 2 unspecified atom stereocenters. The number of hydrogen-bond acceptors (Lipinski definition) is 3. The van der Waals surface area contributed by atoms with Crippen molar-refractivity contribution >= 4 is 0 Å². The maximum absolute atomic E-state index is 9.70. The summed E-state index contributed by atoms with van der Waals surface area (Å²) >= 11 is 0. The maximum Gasteiger partial charge on any atom is 0.146 e. The molecule has 3 nitrogen and oxygen atoms in total. The van der Waals surface area contributed by atoms with Crippen LogP contribution in [0.4, 0.5) is 0 Å². The number of phenols is 1. The van der Waals surface area contributed by atoms with Crippen molar-refractivity contribution in [1.82, 2.24) is 5.32 Å².